The van der Waals surface area contributed by atoms with Crippen LogP contribution in [0.5, 0.6) is 0 Å². The Morgan fingerprint density at radius 1 is 1.62 bits per heavy atom. The lowest BCUT2D eigenvalue weighted by molar-refractivity contribution is 0.523. The van der Waals surface area contributed by atoms with Gasteiger partial charge in [0.2, 0.25) is 0 Å². The molecule has 1 rings (SSSR count). The molecule has 0 N–H and O–H groups in total. The van der Waals surface area contributed by atoms with Crippen molar-refractivity contribution in [3.63, 3.8) is 0 Å². The molecule has 0 saturated carbocycles. The van der Waals surface area contributed by atoms with Crippen molar-refractivity contribution in [3.05, 3.63) is 12.0 Å². The molecule has 0 saturated heterocycles. The number of anilines is 1. The van der Waals surface area contributed by atoms with Crippen molar-refractivity contribution < 1.29 is 4.42 Å². The number of oxazole rings is 1. The fourth-order valence-electron chi connectivity index (χ4n) is 1.16. The summed E-state index contributed by atoms with van der Waals surface area (Å²) in [7, 11) is 1.96. The fraction of sp³-hybridized carbons (Fsp3) is 0.667. The first-order valence-electron chi connectivity index (χ1n) is 4.35. The van der Waals surface area contributed by atoms with E-state index < -0.39 is 0 Å². The second-order valence-corrected chi connectivity index (χ2v) is 3.80. The van der Waals surface area contributed by atoms with E-state index in [0.29, 0.717) is 17.8 Å². The van der Waals surface area contributed by atoms with E-state index in [9.17, 15) is 0 Å². The highest BCUT2D eigenvalue weighted by atomic mass is 35.5. The Balaban J connectivity index is 2.60. The maximum Gasteiger partial charge on any atom is 0.297 e. The zero-order chi connectivity index (χ0) is 9.84. The van der Waals surface area contributed by atoms with E-state index in [2.05, 4.69) is 18.8 Å². The normalized spacial score (nSPS) is 10.8. The van der Waals surface area contributed by atoms with Crippen LogP contribution in [0, 0.1) is 5.92 Å². The quantitative estimate of drug-likeness (QED) is 0.703. The van der Waals surface area contributed by atoms with Crippen molar-refractivity contribution in [2.45, 2.75) is 19.7 Å². The van der Waals surface area contributed by atoms with Crippen molar-refractivity contribution in [2.24, 2.45) is 5.92 Å². The van der Waals surface area contributed by atoms with E-state index >= 15 is 0 Å². The van der Waals surface area contributed by atoms with Gasteiger partial charge in [-0.2, -0.15) is 4.98 Å². The fourth-order valence-corrected chi connectivity index (χ4v) is 1.28. The van der Waals surface area contributed by atoms with Gasteiger partial charge in [0.25, 0.3) is 6.01 Å². The molecule has 0 amide bonds. The number of alkyl halides is 1. The molecule has 0 aromatic carbocycles. The third-order valence-electron chi connectivity index (χ3n) is 1.64. The molecule has 0 fully saturated rings. The molecule has 1 aromatic rings. The predicted molar refractivity (Wildman–Crippen MR) is 54.2 cm³/mol. The third-order valence-corrected chi connectivity index (χ3v) is 1.92. The standard InChI is InChI=1S/C9H15ClN2O/c1-7(2)5-12(3)9-11-8(4-10)6-13-9/h6-7H,4-5H2,1-3H3. The second kappa shape index (κ2) is 4.51. The van der Waals surface area contributed by atoms with Crippen LogP contribution < -0.4 is 4.90 Å². The van der Waals surface area contributed by atoms with Gasteiger partial charge in [-0.15, -0.1) is 11.6 Å². The van der Waals surface area contributed by atoms with Crippen LogP contribution in [0.1, 0.15) is 19.5 Å². The van der Waals surface area contributed by atoms with Gasteiger partial charge in [-0.25, -0.2) is 0 Å². The molecule has 0 atom stereocenters. The van der Waals surface area contributed by atoms with Crippen LogP contribution in [0.25, 0.3) is 0 Å². The highest BCUT2D eigenvalue weighted by Gasteiger charge is 2.09. The summed E-state index contributed by atoms with van der Waals surface area (Å²) in [5, 5.41) is 0. The molecule has 4 heteroatoms. The lowest BCUT2D eigenvalue weighted by Gasteiger charge is -2.16. The molecular weight excluding hydrogens is 188 g/mol. The van der Waals surface area contributed by atoms with Crippen molar-refractivity contribution >= 4 is 17.6 Å². The maximum absolute atomic E-state index is 5.61. The maximum atomic E-state index is 5.61. The Morgan fingerprint density at radius 3 is 2.77 bits per heavy atom. The van der Waals surface area contributed by atoms with Crippen molar-refractivity contribution in [1.82, 2.24) is 4.98 Å². The monoisotopic (exact) mass is 202 g/mol. The van der Waals surface area contributed by atoms with Gasteiger partial charge < -0.3 is 9.32 Å². The summed E-state index contributed by atoms with van der Waals surface area (Å²) in [6, 6.07) is 0.643. The van der Waals surface area contributed by atoms with Gasteiger partial charge in [-0.1, -0.05) is 13.8 Å². The van der Waals surface area contributed by atoms with Crippen molar-refractivity contribution in [1.29, 1.82) is 0 Å². The molecule has 0 aliphatic heterocycles. The summed E-state index contributed by atoms with van der Waals surface area (Å²) >= 11 is 5.61. The van der Waals surface area contributed by atoms with Gasteiger partial charge in [0.05, 0.1) is 11.6 Å². The Bertz CT molecular complexity index is 260. The zero-order valence-electron chi connectivity index (χ0n) is 8.25. The number of hydrogen-bond donors (Lipinski definition) is 0. The minimum atomic E-state index is 0.402. The SMILES string of the molecule is CC(C)CN(C)c1nc(CCl)co1. The van der Waals surface area contributed by atoms with Crippen LogP contribution in [0.3, 0.4) is 0 Å². The van der Waals surface area contributed by atoms with E-state index in [4.69, 9.17) is 16.0 Å². The lowest BCUT2D eigenvalue weighted by atomic mass is 10.2. The average Bonchev–Trinajstić information content (AvgIpc) is 2.50. The molecule has 0 unspecified atom stereocenters. The first-order chi connectivity index (χ1) is 6.13. The number of hydrogen-bond acceptors (Lipinski definition) is 3. The smallest absolute Gasteiger partial charge is 0.297 e. The minimum absolute atomic E-state index is 0.402. The Hall–Kier alpha value is -0.700. The van der Waals surface area contributed by atoms with Crippen LogP contribution in [0.4, 0.5) is 6.01 Å². The molecule has 74 valence electrons. The van der Waals surface area contributed by atoms with Crippen LogP contribution in [0.15, 0.2) is 10.7 Å². The summed E-state index contributed by atoms with van der Waals surface area (Å²) in [5.74, 6) is 0.996. The Labute approximate surface area is 83.7 Å². The molecule has 13 heavy (non-hydrogen) atoms. The van der Waals surface area contributed by atoms with E-state index in [1.54, 1.807) is 6.26 Å². The van der Waals surface area contributed by atoms with E-state index in [-0.39, 0.29) is 0 Å². The summed E-state index contributed by atoms with van der Waals surface area (Å²) in [4.78, 5) is 6.20. The number of halogens is 1. The third kappa shape index (κ3) is 2.92. The predicted octanol–water partition coefficient (Wildman–Crippen LogP) is 2.51. The van der Waals surface area contributed by atoms with E-state index in [1.807, 2.05) is 11.9 Å². The summed E-state index contributed by atoms with van der Waals surface area (Å²) < 4.78 is 5.25. The van der Waals surface area contributed by atoms with Crippen LogP contribution in [-0.2, 0) is 5.88 Å². The first-order valence-corrected chi connectivity index (χ1v) is 4.88. The number of nitrogens with zero attached hydrogens (tertiary/aromatic N) is 2. The van der Waals surface area contributed by atoms with Crippen LogP contribution in [-0.4, -0.2) is 18.6 Å². The van der Waals surface area contributed by atoms with E-state index in [0.717, 1.165) is 12.2 Å². The van der Waals surface area contributed by atoms with Crippen LogP contribution >= 0.6 is 11.6 Å². The second-order valence-electron chi connectivity index (χ2n) is 3.53. The first kappa shape index (κ1) is 10.4. The van der Waals surface area contributed by atoms with Gasteiger partial charge in [0.15, 0.2) is 0 Å². The zero-order valence-corrected chi connectivity index (χ0v) is 9.01. The van der Waals surface area contributed by atoms with Crippen LogP contribution in [0.2, 0.25) is 0 Å². The van der Waals surface area contributed by atoms with Gasteiger partial charge in [-0.3, -0.25) is 0 Å². The largest absolute Gasteiger partial charge is 0.432 e. The van der Waals surface area contributed by atoms with Gasteiger partial charge in [-0.05, 0) is 5.92 Å². The van der Waals surface area contributed by atoms with E-state index in [1.165, 1.54) is 0 Å². The molecule has 0 spiro atoms. The van der Waals surface area contributed by atoms with Gasteiger partial charge in [0.1, 0.15) is 6.26 Å². The number of aromatic nitrogens is 1. The lowest BCUT2D eigenvalue weighted by Crippen LogP contribution is -2.22. The molecule has 0 aliphatic carbocycles. The Morgan fingerprint density at radius 2 is 2.31 bits per heavy atom. The van der Waals surface area contributed by atoms with Gasteiger partial charge >= 0.3 is 0 Å². The molecule has 1 aromatic heterocycles. The molecule has 0 aliphatic rings. The minimum Gasteiger partial charge on any atom is -0.432 e. The average molecular weight is 203 g/mol. The van der Waals surface area contributed by atoms with Crippen molar-refractivity contribution in [3.8, 4) is 0 Å². The van der Waals surface area contributed by atoms with Crippen molar-refractivity contribution in [2.75, 3.05) is 18.5 Å². The Kier molecular flexibility index (Phi) is 3.60. The summed E-state index contributed by atoms with van der Waals surface area (Å²) in [6.45, 7) is 5.24. The summed E-state index contributed by atoms with van der Waals surface area (Å²) in [5.41, 5.74) is 0.785. The highest BCUT2D eigenvalue weighted by Crippen LogP contribution is 2.14. The summed E-state index contributed by atoms with van der Waals surface area (Å²) in [6.07, 6.45) is 1.60. The topological polar surface area (TPSA) is 29.3 Å². The van der Waals surface area contributed by atoms with Gasteiger partial charge in [0, 0.05) is 13.6 Å². The molecule has 1 heterocycles. The number of rotatable bonds is 4. The molecule has 0 radical (unpaired) electrons. The molecule has 3 nitrogen and oxygen atoms in total. The highest BCUT2D eigenvalue weighted by molar-refractivity contribution is 6.16. The molecule has 0 bridgehead atoms. The molecular formula is C9H15ClN2O.